The Balaban J connectivity index is 4.63. The summed E-state index contributed by atoms with van der Waals surface area (Å²) in [6, 6.07) is 0. The summed E-state index contributed by atoms with van der Waals surface area (Å²) in [6.45, 7) is 14.3. The Bertz CT molecular complexity index is 333. The molecule has 0 heterocycles. The van der Waals surface area contributed by atoms with E-state index in [1.807, 2.05) is 0 Å². The van der Waals surface area contributed by atoms with E-state index in [0.29, 0.717) is 0 Å². The SMILES string of the molecule is C=C/C=C\NCOP(=O)(OC(C)(C)C)OC(C)(C)C. The Hall–Kier alpha value is -0.610. The highest BCUT2D eigenvalue weighted by atomic mass is 31.2. The molecule has 112 valence electrons. The van der Waals surface area contributed by atoms with E-state index in [2.05, 4.69) is 11.9 Å². The molecule has 0 saturated heterocycles. The zero-order chi connectivity index (χ0) is 15.2. The fourth-order valence-electron chi connectivity index (χ4n) is 1.04. The van der Waals surface area contributed by atoms with Gasteiger partial charge in [0, 0.05) is 0 Å². The lowest BCUT2D eigenvalue weighted by Crippen LogP contribution is -2.26. The molecule has 0 atom stereocenters. The molecule has 1 N–H and O–H groups in total. The fourth-order valence-corrected chi connectivity index (χ4v) is 2.76. The van der Waals surface area contributed by atoms with Gasteiger partial charge in [0.2, 0.25) is 0 Å². The van der Waals surface area contributed by atoms with Crippen molar-refractivity contribution < 1.29 is 18.1 Å². The molecule has 0 aliphatic heterocycles. The summed E-state index contributed by atoms with van der Waals surface area (Å²) in [6.07, 6.45) is 4.94. The first-order valence-corrected chi connectivity index (χ1v) is 7.60. The van der Waals surface area contributed by atoms with Crippen molar-refractivity contribution in [3.63, 3.8) is 0 Å². The van der Waals surface area contributed by atoms with Crippen molar-refractivity contribution in [1.82, 2.24) is 5.32 Å². The molecule has 0 amide bonds. The van der Waals surface area contributed by atoms with Crippen molar-refractivity contribution in [2.45, 2.75) is 52.7 Å². The first-order valence-electron chi connectivity index (χ1n) is 6.14. The van der Waals surface area contributed by atoms with Gasteiger partial charge in [-0.1, -0.05) is 12.7 Å². The number of phosphoric ester groups is 1. The van der Waals surface area contributed by atoms with Gasteiger partial charge in [0.1, 0.15) is 6.73 Å². The quantitative estimate of drug-likeness (QED) is 0.333. The molecule has 0 rings (SSSR count). The van der Waals surface area contributed by atoms with Crippen molar-refractivity contribution in [2.75, 3.05) is 6.73 Å². The van der Waals surface area contributed by atoms with Crippen molar-refractivity contribution in [1.29, 1.82) is 0 Å². The molecule has 0 radical (unpaired) electrons. The Morgan fingerprint density at radius 2 is 1.58 bits per heavy atom. The number of hydrogen-bond acceptors (Lipinski definition) is 5. The summed E-state index contributed by atoms with van der Waals surface area (Å²) in [7, 11) is -3.63. The monoisotopic (exact) mass is 291 g/mol. The van der Waals surface area contributed by atoms with Crippen LogP contribution in [0.4, 0.5) is 0 Å². The normalized spacial score (nSPS) is 13.8. The zero-order valence-corrected chi connectivity index (χ0v) is 13.6. The summed E-state index contributed by atoms with van der Waals surface area (Å²) in [4.78, 5) is 0. The lowest BCUT2D eigenvalue weighted by molar-refractivity contribution is 0.00226. The van der Waals surface area contributed by atoms with Crippen LogP contribution in [0.2, 0.25) is 0 Å². The number of hydrogen-bond donors (Lipinski definition) is 1. The van der Waals surface area contributed by atoms with Crippen LogP contribution in [-0.4, -0.2) is 17.9 Å². The van der Waals surface area contributed by atoms with Gasteiger partial charge in [-0.3, -0.25) is 13.6 Å². The lowest BCUT2D eigenvalue weighted by atomic mass is 10.2. The molecule has 6 heteroatoms. The highest BCUT2D eigenvalue weighted by molar-refractivity contribution is 7.48. The van der Waals surface area contributed by atoms with Crippen LogP contribution < -0.4 is 5.32 Å². The smallest absolute Gasteiger partial charge is 0.368 e. The van der Waals surface area contributed by atoms with Gasteiger partial charge < -0.3 is 5.32 Å². The van der Waals surface area contributed by atoms with E-state index in [1.165, 1.54) is 0 Å². The average Bonchev–Trinajstić information content (AvgIpc) is 2.10. The molecule has 19 heavy (non-hydrogen) atoms. The highest BCUT2D eigenvalue weighted by Gasteiger charge is 2.36. The molecule has 0 aliphatic carbocycles. The Kier molecular flexibility index (Phi) is 7.01. The summed E-state index contributed by atoms with van der Waals surface area (Å²) in [5, 5.41) is 2.81. The predicted octanol–water partition coefficient (Wildman–Crippen LogP) is 3.99. The third-order valence-electron chi connectivity index (χ3n) is 1.43. The molecule has 0 spiro atoms. The zero-order valence-electron chi connectivity index (χ0n) is 12.7. The first-order chi connectivity index (χ1) is 8.47. The minimum absolute atomic E-state index is 0.0216. The summed E-state index contributed by atoms with van der Waals surface area (Å²) in [5.74, 6) is 0. The Labute approximate surface area is 116 Å². The van der Waals surface area contributed by atoms with Crippen molar-refractivity contribution in [2.24, 2.45) is 0 Å². The van der Waals surface area contributed by atoms with E-state index < -0.39 is 19.0 Å². The van der Waals surface area contributed by atoms with Crippen LogP contribution in [0.3, 0.4) is 0 Å². The fraction of sp³-hybridized carbons (Fsp3) is 0.692. The topological polar surface area (TPSA) is 56.8 Å². The standard InChI is InChI=1S/C13H26NO4P/c1-8-9-10-14-11-16-19(15,17-12(2,3)4)18-13(5,6)7/h8-10,14H,1,11H2,2-7H3/b10-9-. The maximum Gasteiger partial charge on any atom is 0.477 e. The molecule has 0 aromatic rings. The van der Waals surface area contributed by atoms with Gasteiger partial charge in [-0.25, -0.2) is 4.57 Å². The molecule has 0 aliphatic rings. The van der Waals surface area contributed by atoms with E-state index >= 15 is 0 Å². The van der Waals surface area contributed by atoms with Crippen LogP contribution in [0.25, 0.3) is 0 Å². The van der Waals surface area contributed by atoms with Crippen molar-refractivity contribution in [3.8, 4) is 0 Å². The Morgan fingerprint density at radius 1 is 1.11 bits per heavy atom. The maximum atomic E-state index is 12.5. The van der Waals surface area contributed by atoms with Gasteiger partial charge in [-0.15, -0.1) is 0 Å². The van der Waals surface area contributed by atoms with Gasteiger partial charge in [0.05, 0.1) is 11.2 Å². The predicted molar refractivity (Wildman–Crippen MR) is 77.7 cm³/mol. The van der Waals surface area contributed by atoms with Crippen LogP contribution in [0.5, 0.6) is 0 Å². The van der Waals surface area contributed by atoms with E-state index in [1.54, 1.807) is 59.9 Å². The molecule has 0 bridgehead atoms. The number of phosphoric acid groups is 1. The van der Waals surface area contributed by atoms with Crippen molar-refractivity contribution >= 4 is 7.82 Å². The molecule has 0 fully saturated rings. The van der Waals surface area contributed by atoms with Gasteiger partial charge in [-0.05, 0) is 53.8 Å². The van der Waals surface area contributed by atoms with E-state index in [9.17, 15) is 4.57 Å². The van der Waals surface area contributed by atoms with E-state index in [4.69, 9.17) is 13.6 Å². The second kappa shape index (κ2) is 7.25. The summed E-state index contributed by atoms with van der Waals surface area (Å²) in [5.41, 5.74) is -1.25. The highest BCUT2D eigenvalue weighted by Crippen LogP contribution is 2.55. The second-order valence-corrected chi connectivity index (χ2v) is 7.44. The molecule has 5 nitrogen and oxygen atoms in total. The van der Waals surface area contributed by atoms with Gasteiger partial charge in [0.25, 0.3) is 0 Å². The van der Waals surface area contributed by atoms with Gasteiger partial charge in [-0.2, -0.15) is 0 Å². The molecule has 0 saturated carbocycles. The first kappa shape index (κ1) is 18.4. The summed E-state index contributed by atoms with van der Waals surface area (Å²) >= 11 is 0. The number of nitrogens with one attached hydrogen (secondary N) is 1. The summed E-state index contributed by atoms with van der Waals surface area (Å²) < 4.78 is 28.6. The molecular weight excluding hydrogens is 265 g/mol. The lowest BCUT2D eigenvalue weighted by Gasteiger charge is -2.30. The number of allylic oxidation sites excluding steroid dienone is 2. The van der Waals surface area contributed by atoms with Crippen LogP contribution in [0, 0.1) is 0 Å². The van der Waals surface area contributed by atoms with E-state index in [0.717, 1.165) is 0 Å². The molecule has 0 aromatic heterocycles. The van der Waals surface area contributed by atoms with Crippen LogP contribution in [0.15, 0.2) is 24.9 Å². The minimum atomic E-state index is -3.63. The average molecular weight is 291 g/mol. The third kappa shape index (κ3) is 11.0. The van der Waals surface area contributed by atoms with Crippen LogP contribution >= 0.6 is 7.82 Å². The minimum Gasteiger partial charge on any atom is -0.368 e. The Morgan fingerprint density at radius 3 is 1.95 bits per heavy atom. The van der Waals surface area contributed by atoms with Gasteiger partial charge in [0.15, 0.2) is 0 Å². The second-order valence-electron chi connectivity index (χ2n) is 5.93. The third-order valence-corrected chi connectivity index (χ3v) is 3.42. The largest absolute Gasteiger partial charge is 0.477 e. The molecule has 0 aromatic carbocycles. The van der Waals surface area contributed by atoms with Gasteiger partial charge >= 0.3 is 7.82 Å². The van der Waals surface area contributed by atoms with Crippen LogP contribution in [-0.2, 0) is 18.1 Å². The maximum absolute atomic E-state index is 12.5. The van der Waals surface area contributed by atoms with Crippen LogP contribution in [0.1, 0.15) is 41.5 Å². The van der Waals surface area contributed by atoms with E-state index in [-0.39, 0.29) is 6.73 Å². The van der Waals surface area contributed by atoms with Crippen molar-refractivity contribution in [3.05, 3.63) is 24.9 Å². The molecular formula is C13H26NO4P. The molecule has 0 unspecified atom stereocenters. The number of rotatable bonds is 7.